The highest BCUT2D eigenvalue weighted by atomic mass is 32.1. The number of amides is 1. The Labute approximate surface area is 91.2 Å². The molecule has 0 unspecified atom stereocenters. The first-order chi connectivity index (χ1) is 6.81. The molecule has 3 nitrogen and oxygen atoms in total. The summed E-state index contributed by atoms with van der Waals surface area (Å²) < 4.78 is 35.1. The van der Waals surface area contributed by atoms with Gasteiger partial charge in [-0.1, -0.05) is 12.2 Å². The molecule has 0 aliphatic rings. The summed E-state index contributed by atoms with van der Waals surface area (Å²) in [5.74, 6) is -0.352. The second-order valence-corrected chi connectivity index (χ2v) is 3.59. The van der Waals surface area contributed by atoms with Crippen LogP contribution in [0.25, 0.3) is 0 Å². The first kappa shape index (κ1) is 14.2. The molecule has 0 radical (unpaired) electrons. The van der Waals surface area contributed by atoms with Gasteiger partial charge < -0.3 is 11.1 Å². The zero-order valence-electron chi connectivity index (χ0n) is 8.06. The van der Waals surface area contributed by atoms with Gasteiger partial charge in [-0.2, -0.15) is 13.2 Å². The topological polar surface area (TPSA) is 55.1 Å². The molecule has 3 N–H and O–H groups in total. The highest BCUT2D eigenvalue weighted by Crippen LogP contribution is 2.21. The predicted molar refractivity (Wildman–Crippen MR) is 54.3 cm³/mol. The number of unbranched alkanes of at least 4 members (excludes halogenated alkanes) is 1. The molecule has 0 bridgehead atoms. The molecule has 88 valence electrons. The quantitative estimate of drug-likeness (QED) is 0.548. The number of thiocarbonyl (C=S) groups is 1. The zero-order valence-corrected chi connectivity index (χ0v) is 8.88. The van der Waals surface area contributed by atoms with Crippen LogP contribution in [0.4, 0.5) is 13.2 Å². The fourth-order valence-electron chi connectivity index (χ4n) is 0.899. The third kappa shape index (κ3) is 11.1. The number of rotatable bonds is 6. The average molecular weight is 242 g/mol. The third-order valence-electron chi connectivity index (χ3n) is 1.54. The van der Waals surface area contributed by atoms with Gasteiger partial charge in [0.1, 0.15) is 0 Å². The lowest BCUT2D eigenvalue weighted by molar-refractivity contribution is -0.135. The minimum atomic E-state index is -4.12. The van der Waals surface area contributed by atoms with E-state index >= 15 is 0 Å². The maximum absolute atomic E-state index is 11.7. The molecule has 0 aliphatic carbocycles. The van der Waals surface area contributed by atoms with Crippen LogP contribution in [0.15, 0.2) is 0 Å². The number of halogens is 3. The van der Waals surface area contributed by atoms with Gasteiger partial charge >= 0.3 is 6.18 Å². The summed E-state index contributed by atoms with van der Waals surface area (Å²) >= 11 is 4.49. The van der Waals surface area contributed by atoms with Crippen molar-refractivity contribution in [1.82, 2.24) is 5.32 Å². The normalized spacial score (nSPS) is 11.1. The summed E-state index contributed by atoms with van der Waals surface area (Å²) in [5, 5.41) is 2.43. The first-order valence-electron chi connectivity index (χ1n) is 4.43. The second-order valence-electron chi connectivity index (χ2n) is 3.07. The number of nitrogens with one attached hydrogen (secondary N) is 1. The molecule has 0 rings (SSSR count). The van der Waals surface area contributed by atoms with Gasteiger partial charge in [0.2, 0.25) is 5.91 Å². The van der Waals surface area contributed by atoms with Crippen molar-refractivity contribution in [1.29, 1.82) is 0 Å². The first-order valence-corrected chi connectivity index (χ1v) is 4.84. The number of nitrogens with two attached hydrogens (primary N) is 1. The Morgan fingerprint density at radius 3 is 2.40 bits per heavy atom. The van der Waals surface area contributed by atoms with E-state index in [1.54, 1.807) is 0 Å². The van der Waals surface area contributed by atoms with Gasteiger partial charge in [-0.3, -0.25) is 4.79 Å². The molecule has 0 saturated heterocycles. The summed E-state index contributed by atoms with van der Waals surface area (Å²) in [4.78, 5) is 11.0. The molecule has 1 amide bonds. The van der Waals surface area contributed by atoms with E-state index in [9.17, 15) is 18.0 Å². The monoisotopic (exact) mass is 242 g/mol. The Hall–Kier alpha value is -0.850. The van der Waals surface area contributed by atoms with Crippen molar-refractivity contribution in [2.24, 2.45) is 5.73 Å². The smallest absolute Gasteiger partial charge is 0.389 e. The van der Waals surface area contributed by atoms with Crippen LogP contribution in [-0.2, 0) is 4.79 Å². The molecule has 0 aromatic carbocycles. The Bertz CT molecular complexity index is 230. The molecule has 0 saturated carbocycles. The highest BCUT2D eigenvalue weighted by Gasteiger charge is 2.25. The SMILES string of the molecule is NC(=S)CC(=O)NCCCCC(F)(F)F. The van der Waals surface area contributed by atoms with Crippen molar-refractivity contribution >= 4 is 23.1 Å². The lowest BCUT2D eigenvalue weighted by Crippen LogP contribution is -2.28. The fourth-order valence-corrected chi connectivity index (χ4v) is 1.03. The number of carbonyl (C=O) groups is 1. The third-order valence-corrected chi connectivity index (χ3v) is 1.69. The Balaban J connectivity index is 3.39. The minimum absolute atomic E-state index is 0.0108. The van der Waals surface area contributed by atoms with Crippen molar-refractivity contribution < 1.29 is 18.0 Å². The van der Waals surface area contributed by atoms with Gasteiger partial charge in [0, 0.05) is 13.0 Å². The molecule has 0 atom stereocenters. The molecule has 0 aromatic rings. The van der Waals surface area contributed by atoms with Gasteiger partial charge in [-0.25, -0.2) is 0 Å². The number of hydrogen-bond acceptors (Lipinski definition) is 2. The van der Waals surface area contributed by atoms with E-state index < -0.39 is 12.6 Å². The average Bonchev–Trinajstić information content (AvgIpc) is 1.99. The predicted octanol–water partition coefficient (Wildman–Crippen LogP) is 1.51. The molecule has 0 aromatic heterocycles. The molecule has 0 heterocycles. The van der Waals surface area contributed by atoms with Crippen LogP contribution >= 0.6 is 12.2 Å². The number of carbonyl (C=O) groups excluding carboxylic acids is 1. The maximum Gasteiger partial charge on any atom is 0.389 e. The Morgan fingerprint density at radius 2 is 1.93 bits per heavy atom. The van der Waals surface area contributed by atoms with Crippen LogP contribution in [0.3, 0.4) is 0 Å². The van der Waals surface area contributed by atoms with E-state index in [0.29, 0.717) is 6.42 Å². The van der Waals surface area contributed by atoms with E-state index in [4.69, 9.17) is 5.73 Å². The van der Waals surface area contributed by atoms with E-state index in [1.165, 1.54) is 0 Å². The second kappa shape index (κ2) is 6.60. The van der Waals surface area contributed by atoms with Crippen molar-refractivity contribution in [3.63, 3.8) is 0 Å². The van der Waals surface area contributed by atoms with Gasteiger partial charge in [-0.15, -0.1) is 0 Å². The minimum Gasteiger partial charge on any atom is -0.393 e. The van der Waals surface area contributed by atoms with Gasteiger partial charge in [-0.05, 0) is 12.8 Å². The number of alkyl halides is 3. The molecule has 15 heavy (non-hydrogen) atoms. The van der Waals surface area contributed by atoms with Gasteiger partial charge in [0.15, 0.2) is 0 Å². The van der Waals surface area contributed by atoms with Crippen LogP contribution in [0.2, 0.25) is 0 Å². The largest absolute Gasteiger partial charge is 0.393 e. The summed E-state index contributed by atoms with van der Waals surface area (Å²) in [6.45, 7) is 0.220. The van der Waals surface area contributed by atoms with E-state index in [0.717, 1.165) is 0 Å². The summed E-state index contributed by atoms with van der Waals surface area (Å²) in [6, 6.07) is 0. The van der Waals surface area contributed by atoms with Crippen LogP contribution in [0, 0.1) is 0 Å². The van der Waals surface area contributed by atoms with Crippen molar-refractivity contribution in [3.8, 4) is 0 Å². The molecule has 0 spiro atoms. The van der Waals surface area contributed by atoms with E-state index in [-0.39, 0.29) is 30.3 Å². The Kier molecular flexibility index (Phi) is 6.23. The zero-order chi connectivity index (χ0) is 11.9. The number of hydrogen-bond donors (Lipinski definition) is 2. The summed E-state index contributed by atoms with van der Waals surface area (Å²) in [5.41, 5.74) is 5.10. The van der Waals surface area contributed by atoms with Gasteiger partial charge in [0.05, 0.1) is 11.4 Å². The van der Waals surface area contributed by atoms with Crippen molar-refractivity contribution in [2.45, 2.75) is 31.9 Å². The molecule has 7 heteroatoms. The van der Waals surface area contributed by atoms with Crippen LogP contribution < -0.4 is 11.1 Å². The van der Waals surface area contributed by atoms with Crippen molar-refractivity contribution in [2.75, 3.05) is 6.54 Å². The summed E-state index contributed by atoms with van der Waals surface area (Å²) in [6.07, 6.45) is -4.70. The maximum atomic E-state index is 11.7. The van der Waals surface area contributed by atoms with Crippen LogP contribution in [0.1, 0.15) is 25.7 Å². The van der Waals surface area contributed by atoms with Crippen molar-refractivity contribution in [3.05, 3.63) is 0 Å². The van der Waals surface area contributed by atoms with Crippen LogP contribution in [-0.4, -0.2) is 23.6 Å². The molecule has 0 fully saturated rings. The lowest BCUT2D eigenvalue weighted by atomic mass is 10.2. The standard InChI is InChI=1S/C8H13F3N2OS/c9-8(10,11)3-1-2-4-13-7(14)5-6(12)15/h1-5H2,(H2,12,15)(H,13,14). The molecular formula is C8H13F3N2OS. The van der Waals surface area contributed by atoms with E-state index in [1.807, 2.05) is 0 Å². The van der Waals surface area contributed by atoms with Crippen LogP contribution in [0.5, 0.6) is 0 Å². The summed E-state index contributed by atoms with van der Waals surface area (Å²) in [7, 11) is 0. The molecule has 0 aliphatic heterocycles. The van der Waals surface area contributed by atoms with Gasteiger partial charge in [0.25, 0.3) is 0 Å². The Morgan fingerprint density at radius 1 is 1.33 bits per heavy atom. The molecular weight excluding hydrogens is 229 g/mol. The fraction of sp³-hybridized carbons (Fsp3) is 0.750. The lowest BCUT2D eigenvalue weighted by Gasteiger charge is -2.06. The van der Waals surface area contributed by atoms with E-state index in [2.05, 4.69) is 17.5 Å². The highest BCUT2D eigenvalue weighted by molar-refractivity contribution is 7.80.